The zero-order valence-electron chi connectivity index (χ0n) is 15.7. The number of aryl methyl sites for hydroxylation is 1. The van der Waals surface area contributed by atoms with Crippen molar-refractivity contribution in [2.75, 3.05) is 0 Å². The molecule has 1 aromatic carbocycles. The van der Waals surface area contributed by atoms with E-state index >= 15 is 0 Å². The number of carbonyl (C=O) groups excluding carboxylic acids is 1. The maximum atomic E-state index is 13.0. The average molecular weight is 460 g/mol. The van der Waals surface area contributed by atoms with Crippen LogP contribution < -0.4 is 16.0 Å². The molecule has 0 aliphatic carbocycles. The van der Waals surface area contributed by atoms with Crippen LogP contribution in [0.3, 0.4) is 0 Å². The second kappa shape index (κ2) is 7.73. The molecule has 2 aromatic heterocycles. The van der Waals surface area contributed by atoms with Crippen LogP contribution in [0.4, 0.5) is 13.2 Å². The van der Waals surface area contributed by atoms with Gasteiger partial charge in [-0.1, -0.05) is 11.6 Å². The number of ether oxygens (including phenoxy) is 1. The largest absolute Gasteiger partial charge is 0.431 e. The number of nitrogens with zero attached hydrogens (tertiary/aromatic N) is 3. The topological polar surface area (TPSA) is 83.2 Å². The minimum Gasteiger partial charge on any atom is -0.406 e. The maximum Gasteiger partial charge on any atom is 0.431 e. The first-order valence-corrected chi connectivity index (χ1v) is 9.46. The van der Waals surface area contributed by atoms with E-state index in [-0.39, 0.29) is 16.6 Å². The molecule has 30 heavy (non-hydrogen) atoms. The van der Waals surface area contributed by atoms with Crippen LogP contribution in [0.15, 0.2) is 33.9 Å². The third-order valence-electron chi connectivity index (χ3n) is 4.04. The number of carbonyl (C=O) groups is 1. The number of rotatable bonds is 3. The zero-order valence-corrected chi connectivity index (χ0v) is 17.3. The molecule has 3 aromatic rings. The van der Waals surface area contributed by atoms with Crippen molar-refractivity contribution < 1.29 is 22.7 Å². The van der Waals surface area contributed by atoms with Crippen molar-refractivity contribution in [2.24, 2.45) is 7.05 Å². The lowest BCUT2D eigenvalue weighted by Crippen LogP contribution is -2.40. The minimum atomic E-state index is -4.86. The number of benzene rings is 1. The van der Waals surface area contributed by atoms with E-state index in [2.05, 4.69) is 4.98 Å². The second-order valence-corrected chi connectivity index (χ2v) is 7.79. The maximum absolute atomic E-state index is 13.0. The number of alkyl halides is 3. The molecule has 7 nitrogen and oxygen atoms in total. The van der Waals surface area contributed by atoms with E-state index in [1.54, 1.807) is 6.92 Å². The molecular weight excluding hydrogens is 447 g/mol. The Morgan fingerprint density at radius 2 is 1.90 bits per heavy atom. The highest BCUT2D eigenvalue weighted by molar-refractivity contribution is 7.15. The lowest BCUT2D eigenvalue weighted by Gasteiger charge is -2.14. The van der Waals surface area contributed by atoms with Gasteiger partial charge in [-0.3, -0.25) is 14.2 Å². The predicted molar refractivity (Wildman–Crippen MR) is 104 cm³/mol. The van der Waals surface area contributed by atoms with Crippen molar-refractivity contribution in [3.05, 3.63) is 60.7 Å². The Hall–Kier alpha value is -2.92. The molecule has 0 saturated carbocycles. The minimum absolute atomic E-state index is 0.00983. The average Bonchev–Trinajstić information content (AvgIpc) is 2.98. The Balaban J connectivity index is 2.18. The smallest absolute Gasteiger partial charge is 0.406 e. The predicted octanol–water partition coefficient (Wildman–Crippen LogP) is 3.57. The summed E-state index contributed by atoms with van der Waals surface area (Å²) in [5.41, 5.74) is -3.34. The van der Waals surface area contributed by atoms with Crippen LogP contribution in [0, 0.1) is 6.92 Å². The Bertz CT molecular complexity index is 1280. The lowest BCUT2D eigenvalue weighted by molar-refractivity contribution is -0.144. The molecule has 0 saturated heterocycles. The van der Waals surface area contributed by atoms with Crippen LogP contribution in [-0.4, -0.2) is 20.1 Å². The van der Waals surface area contributed by atoms with E-state index in [1.165, 1.54) is 25.1 Å². The highest BCUT2D eigenvalue weighted by Crippen LogP contribution is 2.36. The molecule has 0 aliphatic heterocycles. The number of hydrogen-bond donors (Lipinski definition) is 0. The van der Waals surface area contributed by atoms with Crippen molar-refractivity contribution in [1.82, 2.24) is 14.1 Å². The molecule has 0 radical (unpaired) electrons. The van der Waals surface area contributed by atoms with E-state index in [1.807, 2.05) is 0 Å². The molecule has 0 aliphatic rings. The standard InChI is InChI=1S/C18H13ClF3N3O4S/c1-8-15(29-9(2)26)23-16(30-8)11-6-10(4-5-12(11)19)25-14(27)7-13(18(20,21)22)24(3)17(25)28/h4-7H,1-3H3. The zero-order chi connectivity index (χ0) is 22.4. The molecule has 0 atom stereocenters. The summed E-state index contributed by atoms with van der Waals surface area (Å²) in [4.78, 5) is 40.8. The van der Waals surface area contributed by atoms with Crippen molar-refractivity contribution in [3.63, 3.8) is 0 Å². The molecule has 2 heterocycles. The van der Waals surface area contributed by atoms with Gasteiger partial charge in [-0.15, -0.1) is 11.3 Å². The molecule has 0 N–H and O–H groups in total. The number of hydrogen-bond acceptors (Lipinski definition) is 6. The molecular formula is C18H13ClF3N3O4S. The molecule has 158 valence electrons. The van der Waals surface area contributed by atoms with Gasteiger partial charge in [0, 0.05) is 25.6 Å². The Labute approximate surface area is 175 Å². The van der Waals surface area contributed by atoms with Gasteiger partial charge in [-0.05, 0) is 25.1 Å². The highest BCUT2D eigenvalue weighted by Gasteiger charge is 2.35. The van der Waals surface area contributed by atoms with Crippen LogP contribution in [0.5, 0.6) is 5.88 Å². The molecule has 3 rings (SSSR count). The number of aromatic nitrogens is 3. The fourth-order valence-electron chi connectivity index (χ4n) is 2.68. The molecule has 0 spiro atoms. The number of thiazole rings is 1. The first kappa shape index (κ1) is 21.8. The van der Waals surface area contributed by atoms with Gasteiger partial charge in [-0.2, -0.15) is 13.2 Å². The quantitative estimate of drug-likeness (QED) is 0.559. The van der Waals surface area contributed by atoms with E-state index in [9.17, 15) is 27.6 Å². The van der Waals surface area contributed by atoms with Gasteiger partial charge in [0.2, 0.25) is 5.88 Å². The Morgan fingerprint density at radius 3 is 2.50 bits per heavy atom. The second-order valence-electron chi connectivity index (χ2n) is 6.18. The summed E-state index contributed by atoms with van der Waals surface area (Å²) in [5, 5.41) is 0.561. The third-order valence-corrected chi connectivity index (χ3v) is 5.36. The molecule has 0 amide bonds. The highest BCUT2D eigenvalue weighted by atomic mass is 35.5. The molecule has 12 heteroatoms. The van der Waals surface area contributed by atoms with Gasteiger partial charge in [-0.25, -0.2) is 14.3 Å². The van der Waals surface area contributed by atoms with Crippen LogP contribution in [0.1, 0.15) is 17.5 Å². The summed E-state index contributed by atoms with van der Waals surface area (Å²) in [6, 6.07) is 4.42. The molecule has 0 fully saturated rings. The fraction of sp³-hybridized carbons (Fsp3) is 0.222. The first-order chi connectivity index (χ1) is 13.9. The number of esters is 1. The third kappa shape index (κ3) is 4.03. The van der Waals surface area contributed by atoms with Gasteiger partial charge in [0.25, 0.3) is 5.56 Å². The summed E-state index contributed by atoms with van der Waals surface area (Å²) < 4.78 is 45.1. The SMILES string of the molecule is CC(=O)Oc1nc(-c2cc(-n3c(=O)cc(C(F)(F)F)n(C)c3=O)ccc2Cl)sc1C. The lowest BCUT2D eigenvalue weighted by atomic mass is 10.2. The van der Waals surface area contributed by atoms with Gasteiger partial charge >= 0.3 is 17.8 Å². The van der Waals surface area contributed by atoms with Gasteiger partial charge in [0.15, 0.2) is 0 Å². The summed E-state index contributed by atoms with van der Waals surface area (Å²) in [6.45, 7) is 2.90. The van der Waals surface area contributed by atoms with E-state index < -0.39 is 29.1 Å². The van der Waals surface area contributed by atoms with Crippen molar-refractivity contribution in [2.45, 2.75) is 20.0 Å². The van der Waals surface area contributed by atoms with Crippen LogP contribution in [-0.2, 0) is 18.0 Å². The van der Waals surface area contributed by atoms with E-state index in [0.29, 0.717) is 30.6 Å². The normalized spacial score (nSPS) is 11.6. The summed E-state index contributed by atoms with van der Waals surface area (Å²) in [7, 11) is 0.924. The van der Waals surface area contributed by atoms with E-state index in [4.69, 9.17) is 16.3 Å². The summed E-state index contributed by atoms with van der Waals surface area (Å²) in [6.07, 6.45) is -4.86. The Kier molecular flexibility index (Phi) is 5.61. The van der Waals surface area contributed by atoms with Crippen LogP contribution in [0.2, 0.25) is 5.02 Å². The monoisotopic (exact) mass is 459 g/mol. The Morgan fingerprint density at radius 1 is 1.23 bits per heavy atom. The van der Waals surface area contributed by atoms with Crippen molar-refractivity contribution in [3.8, 4) is 22.1 Å². The summed E-state index contributed by atoms with van der Waals surface area (Å²) >= 11 is 7.37. The van der Waals surface area contributed by atoms with Crippen LogP contribution in [0.25, 0.3) is 16.3 Å². The summed E-state index contributed by atoms with van der Waals surface area (Å²) in [5.74, 6) is -0.471. The first-order valence-electron chi connectivity index (χ1n) is 8.26. The van der Waals surface area contributed by atoms with Crippen molar-refractivity contribution >= 4 is 28.9 Å². The molecule has 0 unspecified atom stereocenters. The van der Waals surface area contributed by atoms with Crippen LogP contribution >= 0.6 is 22.9 Å². The number of halogens is 4. The van der Waals surface area contributed by atoms with Gasteiger partial charge in [0.05, 0.1) is 15.6 Å². The molecule has 0 bridgehead atoms. The van der Waals surface area contributed by atoms with Crippen molar-refractivity contribution in [1.29, 1.82) is 0 Å². The van der Waals surface area contributed by atoms with Gasteiger partial charge < -0.3 is 4.74 Å². The van der Waals surface area contributed by atoms with Gasteiger partial charge in [0.1, 0.15) is 10.7 Å². The fourth-order valence-corrected chi connectivity index (χ4v) is 3.82. The van der Waals surface area contributed by atoms with E-state index in [0.717, 1.165) is 18.4 Å².